The Bertz CT molecular complexity index is 760. The molecule has 0 radical (unpaired) electrons. The quantitative estimate of drug-likeness (QED) is 0.857. The molecule has 94 valence electrons. The molecule has 1 aromatic heterocycles. The molecule has 0 aliphatic rings. The Morgan fingerprint density at radius 2 is 2.06 bits per heavy atom. The molecule has 0 amide bonds. The number of halogens is 1. The Kier molecular flexibility index (Phi) is 2.96. The van der Waals surface area contributed by atoms with Gasteiger partial charge in [0.25, 0.3) is 5.56 Å². The number of carboxylic acid groups (broad SMARTS) is 1. The lowest BCUT2D eigenvalue weighted by atomic mass is 10.2. The second-order valence-corrected chi connectivity index (χ2v) is 4.17. The van der Waals surface area contributed by atoms with Crippen molar-refractivity contribution in [2.24, 2.45) is 7.05 Å². The van der Waals surface area contributed by atoms with Gasteiger partial charge in [-0.1, -0.05) is 17.7 Å². The summed E-state index contributed by atoms with van der Waals surface area (Å²) in [4.78, 5) is 34.6. The van der Waals surface area contributed by atoms with Crippen LogP contribution in [-0.4, -0.2) is 20.2 Å². The topological polar surface area (TPSA) is 81.3 Å². The molecule has 0 unspecified atom stereocenters. The number of hydrogen-bond donors (Lipinski definition) is 1. The number of carboxylic acids is 1. The molecule has 1 heterocycles. The van der Waals surface area contributed by atoms with Crippen molar-refractivity contribution in [1.82, 2.24) is 9.13 Å². The highest BCUT2D eigenvalue weighted by molar-refractivity contribution is 6.35. The van der Waals surface area contributed by atoms with Crippen LogP contribution >= 0.6 is 11.6 Å². The average molecular weight is 269 g/mol. The molecule has 0 spiro atoms. The predicted octanol–water partition coefficient (Wildman–Crippen LogP) is 0.438. The minimum Gasteiger partial charge on any atom is -0.480 e. The predicted molar refractivity (Wildman–Crippen MR) is 66.1 cm³/mol. The van der Waals surface area contributed by atoms with Gasteiger partial charge < -0.3 is 5.11 Å². The molecular weight excluding hydrogens is 260 g/mol. The summed E-state index contributed by atoms with van der Waals surface area (Å²) < 4.78 is 1.84. The number of fused-ring (bicyclic) bond motifs is 1. The fourth-order valence-corrected chi connectivity index (χ4v) is 2.11. The van der Waals surface area contributed by atoms with Gasteiger partial charge in [-0.05, 0) is 12.1 Å². The van der Waals surface area contributed by atoms with Crippen LogP contribution in [0.3, 0.4) is 0 Å². The van der Waals surface area contributed by atoms with E-state index in [1.807, 2.05) is 0 Å². The summed E-state index contributed by atoms with van der Waals surface area (Å²) in [5, 5.41) is 9.18. The van der Waals surface area contributed by atoms with E-state index in [2.05, 4.69) is 0 Å². The number of para-hydroxylation sites is 1. The molecule has 0 atom stereocenters. The molecule has 18 heavy (non-hydrogen) atoms. The maximum atomic E-state index is 12.0. The van der Waals surface area contributed by atoms with E-state index in [0.29, 0.717) is 10.1 Å². The number of rotatable bonds is 2. The van der Waals surface area contributed by atoms with Crippen LogP contribution in [-0.2, 0) is 18.4 Å². The molecule has 6 nitrogen and oxygen atoms in total. The van der Waals surface area contributed by atoms with Crippen LogP contribution in [0.4, 0.5) is 0 Å². The van der Waals surface area contributed by atoms with Crippen LogP contribution in [0.1, 0.15) is 0 Å². The van der Waals surface area contributed by atoms with Crippen molar-refractivity contribution in [1.29, 1.82) is 0 Å². The Labute approximate surface area is 106 Å². The minimum atomic E-state index is -1.25. The van der Waals surface area contributed by atoms with E-state index in [1.165, 1.54) is 17.7 Å². The van der Waals surface area contributed by atoms with Gasteiger partial charge in [0.1, 0.15) is 6.54 Å². The van der Waals surface area contributed by atoms with Crippen molar-refractivity contribution in [3.63, 3.8) is 0 Å². The standard InChI is InChI=1S/C11H9ClN2O4/c1-13-9-6(3-2-4-7(9)12)10(17)14(11(13)18)5-8(15)16/h2-4H,5H2,1H3,(H,15,16). The number of nitrogens with zero attached hydrogens (tertiary/aromatic N) is 2. The molecule has 0 bridgehead atoms. The zero-order valence-corrected chi connectivity index (χ0v) is 10.1. The molecule has 0 fully saturated rings. The maximum Gasteiger partial charge on any atom is 0.331 e. The highest BCUT2D eigenvalue weighted by atomic mass is 35.5. The lowest BCUT2D eigenvalue weighted by Gasteiger charge is -2.09. The molecular formula is C11H9ClN2O4. The highest BCUT2D eigenvalue weighted by Crippen LogP contribution is 2.18. The van der Waals surface area contributed by atoms with Crippen LogP contribution < -0.4 is 11.2 Å². The second-order valence-electron chi connectivity index (χ2n) is 3.76. The van der Waals surface area contributed by atoms with E-state index in [9.17, 15) is 14.4 Å². The van der Waals surface area contributed by atoms with E-state index in [1.54, 1.807) is 12.1 Å². The fraction of sp³-hybridized carbons (Fsp3) is 0.182. The van der Waals surface area contributed by atoms with Gasteiger partial charge in [0, 0.05) is 7.05 Å². The van der Waals surface area contributed by atoms with Gasteiger partial charge in [-0.15, -0.1) is 0 Å². The third kappa shape index (κ3) is 1.80. The molecule has 1 aromatic carbocycles. The molecule has 7 heteroatoms. The summed E-state index contributed by atoms with van der Waals surface area (Å²) >= 11 is 5.94. The largest absolute Gasteiger partial charge is 0.480 e. The van der Waals surface area contributed by atoms with Gasteiger partial charge in [-0.2, -0.15) is 0 Å². The van der Waals surface area contributed by atoms with Crippen molar-refractivity contribution >= 4 is 28.5 Å². The van der Waals surface area contributed by atoms with E-state index < -0.39 is 23.8 Å². The summed E-state index contributed by atoms with van der Waals surface area (Å²) in [5.74, 6) is -1.25. The van der Waals surface area contributed by atoms with Crippen molar-refractivity contribution in [2.45, 2.75) is 6.54 Å². The van der Waals surface area contributed by atoms with Crippen molar-refractivity contribution in [2.75, 3.05) is 0 Å². The number of carbonyl (C=O) groups is 1. The summed E-state index contributed by atoms with van der Waals surface area (Å²) in [6.45, 7) is -0.673. The van der Waals surface area contributed by atoms with E-state index in [-0.39, 0.29) is 10.4 Å². The molecule has 0 saturated heterocycles. The normalized spacial score (nSPS) is 10.8. The van der Waals surface area contributed by atoms with Gasteiger partial charge in [0.15, 0.2) is 0 Å². The maximum absolute atomic E-state index is 12.0. The Hall–Kier alpha value is -2.08. The van der Waals surface area contributed by atoms with Crippen LogP contribution in [0, 0.1) is 0 Å². The molecule has 0 aliphatic heterocycles. The first-order chi connectivity index (χ1) is 8.43. The highest BCUT2D eigenvalue weighted by Gasteiger charge is 2.14. The lowest BCUT2D eigenvalue weighted by molar-refractivity contribution is -0.137. The number of aryl methyl sites for hydroxylation is 1. The molecule has 2 aromatic rings. The first kappa shape index (κ1) is 12.4. The molecule has 1 N–H and O–H groups in total. The van der Waals surface area contributed by atoms with E-state index in [4.69, 9.17) is 16.7 Å². The SMILES string of the molecule is Cn1c(=O)n(CC(=O)O)c(=O)c2cccc(Cl)c21. The number of aromatic nitrogens is 2. The second kappa shape index (κ2) is 4.30. The van der Waals surface area contributed by atoms with Gasteiger partial charge in [-0.25, -0.2) is 9.36 Å². The van der Waals surface area contributed by atoms with Crippen LogP contribution in [0.15, 0.2) is 27.8 Å². The zero-order chi connectivity index (χ0) is 13.4. The summed E-state index contributed by atoms with van der Waals surface area (Å²) in [7, 11) is 1.44. The molecule has 2 rings (SSSR count). The third-order valence-corrected chi connectivity index (χ3v) is 2.91. The van der Waals surface area contributed by atoms with Gasteiger partial charge in [0.2, 0.25) is 0 Å². The molecule has 0 aliphatic carbocycles. The van der Waals surface area contributed by atoms with Gasteiger partial charge in [-0.3, -0.25) is 14.2 Å². The van der Waals surface area contributed by atoms with Crippen LogP contribution in [0.5, 0.6) is 0 Å². The van der Waals surface area contributed by atoms with E-state index >= 15 is 0 Å². The Morgan fingerprint density at radius 3 is 2.67 bits per heavy atom. The zero-order valence-electron chi connectivity index (χ0n) is 9.38. The van der Waals surface area contributed by atoms with E-state index in [0.717, 1.165) is 0 Å². The Balaban J connectivity index is 2.98. The van der Waals surface area contributed by atoms with Crippen molar-refractivity contribution in [3.05, 3.63) is 44.1 Å². The van der Waals surface area contributed by atoms with Gasteiger partial charge >= 0.3 is 11.7 Å². The van der Waals surface area contributed by atoms with Crippen molar-refractivity contribution < 1.29 is 9.90 Å². The summed E-state index contributed by atoms with van der Waals surface area (Å²) in [6, 6.07) is 4.63. The lowest BCUT2D eigenvalue weighted by Crippen LogP contribution is -2.40. The number of hydrogen-bond acceptors (Lipinski definition) is 3. The average Bonchev–Trinajstić information content (AvgIpc) is 2.31. The first-order valence-corrected chi connectivity index (χ1v) is 5.41. The van der Waals surface area contributed by atoms with Crippen LogP contribution in [0.25, 0.3) is 10.9 Å². The van der Waals surface area contributed by atoms with Crippen molar-refractivity contribution in [3.8, 4) is 0 Å². The minimum absolute atomic E-state index is 0.214. The fourth-order valence-electron chi connectivity index (χ4n) is 1.81. The number of aliphatic carboxylic acids is 1. The van der Waals surface area contributed by atoms with Gasteiger partial charge in [0.05, 0.1) is 15.9 Å². The first-order valence-electron chi connectivity index (χ1n) is 5.03. The monoisotopic (exact) mass is 268 g/mol. The van der Waals surface area contributed by atoms with Crippen LogP contribution in [0.2, 0.25) is 5.02 Å². The Morgan fingerprint density at radius 1 is 1.39 bits per heavy atom. The summed E-state index contributed by atoms with van der Waals surface area (Å²) in [5.41, 5.74) is -1.06. The molecule has 0 saturated carbocycles. The number of benzene rings is 1. The smallest absolute Gasteiger partial charge is 0.331 e. The summed E-state index contributed by atoms with van der Waals surface area (Å²) in [6.07, 6.45) is 0. The third-order valence-electron chi connectivity index (χ3n) is 2.61.